The molecule has 1 aliphatic heterocycles. The fourth-order valence-corrected chi connectivity index (χ4v) is 2.71. The third-order valence-corrected chi connectivity index (χ3v) is 4.27. The van der Waals surface area contributed by atoms with Crippen molar-refractivity contribution in [3.63, 3.8) is 0 Å². The van der Waals surface area contributed by atoms with Gasteiger partial charge in [-0.15, -0.1) is 0 Å². The Morgan fingerprint density at radius 3 is 2.84 bits per heavy atom. The average Bonchev–Trinajstić information content (AvgIpc) is 3.14. The van der Waals surface area contributed by atoms with E-state index in [0.717, 1.165) is 18.7 Å². The number of nitrogens with zero attached hydrogens (tertiary/aromatic N) is 2. The molecular weight excluding hydrogens is 232 g/mol. The molecule has 2 heteroatoms. The van der Waals surface area contributed by atoms with Crippen molar-refractivity contribution in [2.75, 3.05) is 11.4 Å². The third kappa shape index (κ3) is 2.47. The molecule has 1 aromatic heterocycles. The maximum atomic E-state index is 4.52. The predicted molar refractivity (Wildman–Crippen MR) is 79.3 cm³/mol. The van der Waals surface area contributed by atoms with Crippen LogP contribution in [0.3, 0.4) is 0 Å². The highest BCUT2D eigenvalue weighted by molar-refractivity contribution is 5.60. The molecule has 19 heavy (non-hydrogen) atoms. The van der Waals surface area contributed by atoms with Crippen molar-refractivity contribution in [2.24, 2.45) is 5.41 Å². The summed E-state index contributed by atoms with van der Waals surface area (Å²) >= 11 is 0. The van der Waals surface area contributed by atoms with Crippen LogP contribution in [-0.2, 0) is 6.42 Å². The van der Waals surface area contributed by atoms with Crippen LogP contribution in [0.4, 0.5) is 5.69 Å². The van der Waals surface area contributed by atoms with Crippen molar-refractivity contribution >= 4 is 5.69 Å². The quantitative estimate of drug-likeness (QED) is 0.714. The van der Waals surface area contributed by atoms with Gasteiger partial charge in [0.1, 0.15) is 5.69 Å². The lowest BCUT2D eigenvalue weighted by Gasteiger charge is -2.34. The van der Waals surface area contributed by atoms with Gasteiger partial charge < -0.3 is 4.90 Å². The van der Waals surface area contributed by atoms with Gasteiger partial charge in [0, 0.05) is 35.4 Å². The van der Waals surface area contributed by atoms with Crippen LogP contribution in [-0.4, -0.2) is 17.6 Å². The highest BCUT2D eigenvalue weighted by Crippen LogP contribution is 2.44. The number of anilines is 1. The summed E-state index contributed by atoms with van der Waals surface area (Å²) in [4.78, 5) is 6.99. The van der Waals surface area contributed by atoms with Crippen LogP contribution in [0.15, 0.2) is 12.3 Å². The molecule has 100 valence electrons. The van der Waals surface area contributed by atoms with E-state index in [1.165, 1.54) is 30.5 Å². The average molecular weight is 254 g/mol. The normalized spacial score (nSPS) is 19.7. The van der Waals surface area contributed by atoms with Crippen molar-refractivity contribution in [2.45, 2.75) is 52.5 Å². The molecule has 2 nitrogen and oxygen atoms in total. The van der Waals surface area contributed by atoms with E-state index in [2.05, 4.69) is 48.6 Å². The van der Waals surface area contributed by atoms with Crippen LogP contribution in [0, 0.1) is 17.3 Å². The van der Waals surface area contributed by atoms with Gasteiger partial charge in [0.05, 0.1) is 0 Å². The minimum Gasteiger partial charge on any atom is -0.369 e. The number of fused-ring (bicyclic) bond motifs is 1. The van der Waals surface area contributed by atoms with Crippen LogP contribution in [0.1, 0.15) is 51.3 Å². The van der Waals surface area contributed by atoms with Gasteiger partial charge in [-0.25, -0.2) is 4.98 Å². The van der Waals surface area contributed by atoms with Crippen molar-refractivity contribution in [3.8, 4) is 11.8 Å². The first kappa shape index (κ1) is 12.5. The summed E-state index contributed by atoms with van der Waals surface area (Å²) in [7, 11) is 0. The first-order valence-electron chi connectivity index (χ1n) is 7.37. The van der Waals surface area contributed by atoms with Gasteiger partial charge in [-0.05, 0) is 58.4 Å². The fourth-order valence-electron chi connectivity index (χ4n) is 2.71. The molecule has 1 fully saturated rings. The smallest absolute Gasteiger partial charge is 0.118 e. The monoisotopic (exact) mass is 254 g/mol. The zero-order valence-corrected chi connectivity index (χ0v) is 12.2. The molecule has 0 atom stereocenters. The van der Waals surface area contributed by atoms with E-state index in [0.29, 0.717) is 6.04 Å². The Labute approximate surface area is 116 Å². The van der Waals surface area contributed by atoms with E-state index in [1.807, 2.05) is 6.20 Å². The summed E-state index contributed by atoms with van der Waals surface area (Å²) < 4.78 is 0. The highest BCUT2D eigenvalue weighted by Gasteiger charge is 2.35. The molecule has 0 spiro atoms. The summed E-state index contributed by atoms with van der Waals surface area (Å²) in [5.74, 6) is 6.76. The Morgan fingerprint density at radius 2 is 2.16 bits per heavy atom. The summed E-state index contributed by atoms with van der Waals surface area (Å²) in [6.07, 6.45) is 6.73. The zero-order valence-electron chi connectivity index (χ0n) is 12.2. The largest absolute Gasteiger partial charge is 0.369 e. The van der Waals surface area contributed by atoms with Gasteiger partial charge in [-0.1, -0.05) is 5.92 Å². The summed E-state index contributed by atoms with van der Waals surface area (Å²) in [5.41, 5.74) is 3.99. The van der Waals surface area contributed by atoms with Gasteiger partial charge in [0.2, 0.25) is 0 Å². The van der Waals surface area contributed by atoms with E-state index in [9.17, 15) is 0 Å². The van der Waals surface area contributed by atoms with Gasteiger partial charge in [0.15, 0.2) is 0 Å². The van der Waals surface area contributed by atoms with Crippen LogP contribution < -0.4 is 4.90 Å². The molecule has 3 rings (SSSR count). The van der Waals surface area contributed by atoms with E-state index < -0.39 is 0 Å². The lowest BCUT2D eigenvalue weighted by Crippen LogP contribution is -2.35. The topological polar surface area (TPSA) is 16.1 Å². The number of aromatic nitrogens is 1. The van der Waals surface area contributed by atoms with Crippen LogP contribution in [0.2, 0.25) is 0 Å². The number of hydrogen-bond acceptors (Lipinski definition) is 2. The summed E-state index contributed by atoms with van der Waals surface area (Å²) in [5, 5.41) is 0. The third-order valence-electron chi connectivity index (χ3n) is 4.27. The van der Waals surface area contributed by atoms with Crippen LogP contribution in [0.5, 0.6) is 0 Å². The standard InChI is InChI=1S/C17H22N2/c1-13(2)19-12-4-5-14-15(18-11-7-16(14)19)6-8-17(3)9-10-17/h7,11,13H,4-5,9-10,12H2,1-3H3. The van der Waals surface area contributed by atoms with Crippen molar-refractivity contribution in [1.82, 2.24) is 4.98 Å². The maximum absolute atomic E-state index is 4.52. The Bertz CT molecular complexity index is 544. The molecule has 2 aliphatic rings. The highest BCUT2D eigenvalue weighted by atomic mass is 15.2. The summed E-state index contributed by atoms with van der Waals surface area (Å²) in [6.45, 7) is 7.91. The van der Waals surface area contributed by atoms with E-state index in [4.69, 9.17) is 0 Å². The lowest BCUT2D eigenvalue weighted by molar-refractivity contribution is 0.623. The molecule has 0 aromatic carbocycles. The second-order valence-electron chi connectivity index (χ2n) is 6.36. The van der Waals surface area contributed by atoms with Gasteiger partial charge >= 0.3 is 0 Å². The molecule has 0 bridgehead atoms. The van der Waals surface area contributed by atoms with Gasteiger partial charge in [-0.2, -0.15) is 0 Å². The lowest BCUT2D eigenvalue weighted by atomic mass is 9.99. The molecule has 0 radical (unpaired) electrons. The first-order chi connectivity index (χ1) is 9.09. The van der Waals surface area contributed by atoms with E-state index >= 15 is 0 Å². The van der Waals surface area contributed by atoms with Crippen molar-refractivity contribution in [1.29, 1.82) is 0 Å². The fraction of sp³-hybridized carbons (Fsp3) is 0.588. The Hall–Kier alpha value is -1.49. The maximum Gasteiger partial charge on any atom is 0.118 e. The van der Waals surface area contributed by atoms with Crippen LogP contribution in [0.25, 0.3) is 0 Å². The second-order valence-corrected chi connectivity index (χ2v) is 6.36. The number of hydrogen-bond donors (Lipinski definition) is 0. The Balaban J connectivity index is 1.98. The van der Waals surface area contributed by atoms with Crippen LogP contribution >= 0.6 is 0 Å². The SMILES string of the molecule is CC(C)N1CCCc2c1ccnc2C#CC1(C)CC1. The zero-order chi connectivity index (χ0) is 13.5. The van der Waals surface area contributed by atoms with Gasteiger partial charge in [0.25, 0.3) is 0 Å². The number of pyridine rings is 1. The molecule has 1 aromatic rings. The molecule has 1 aliphatic carbocycles. The molecule has 0 unspecified atom stereocenters. The van der Waals surface area contributed by atoms with Crippen molar-refractivity contribution < 1.29 is 0 Å². The second kappa shape index (κ2) is 4.56. The van der Waals surface area contributed by atoms with Gasteiger partial charge in [-0.3, -0.25) is 0 Å². The minimum atomic E-state index is 0.275. The van der Waals surface area contributed by atoms with E-state index in [-0.39, 0.29) is 5.41 Å². The predicted octanol–water partition coefficient (Wildman–Crippen LogP) is 3.39. The Morgan fingerprint density at radius 1 is 1.37 bits per heavy atom. The number of rotatable bonds is 1. The molecular formula is C17H22N2. The van der Waals surface area contributed by atoms with E-state index in [1.54, 1.807) is 0 Å². The first-order valence-corrected chi connectivity index (χ1v) is 7.37. The summed E-state index contributed by atoms with van der Waals surface area (Å²) in [6, 6.07) is 2.70. The van der Waals surface area contributed by atoms with Crippen molar-refractivity contribution in [3.05, 3.63) is 23.5 Å². The molecule has 0 amide bonds. The molecule has 0 N–H and O–H groups in total. The molecule has 2 heterocycles. The molecule has 1 saturated carbocycles. The Kier molecular flexibility index (Phi) is 3.01. The minimum absolute atomic E-state index is 0.275. The molecule has 0 saturated heterocycles.